The van der Waals surface area contributed by atoms with Crippen LogP contribution in [0.15, 0.2) is 48.0 Å². The predicted molar refractivity (Wildman–Crippen MR) is 127 cm³/mol. The molecule has 1 aliphatic carbocycles. The number of methoxy groups -OCH3 is 1. The number of nitrogens with zero attached hydrogens (tertiary/aromatic N) is 1. The minimum absolute atomic E-state index is 0.0549. The summed E-state index contributed by atoms with van der Waals surface area (Å²) in [7, 11) is 1.50. The van der Waals surface area contributed by atoms with Gasteiger partial charge < -0.3 is 19.5 Å². The monoisotopic (exact) mass is 469 g/mol. The Labute approximate surface area is 198 Å². The quantitative estimate of drug-likeness (QED) is 0.343. The van der Waals surface area contributed by atoms with Crippen molar-refractivity contribution in [1.82, 2.24) is 4.90 Å². The number of Topliss-reactive ketones (excluding diaryl/α,β-unsaturated/α-hetero) is 1. The van der Waals surface area contributed by atoms with Crippen LogP contribution in [0, 0.1) is 0 Å². The summed E-state index contributed by atoms with van der Waals surface area (Å²) in [5.41, 5.74) is 1.15. The molecule has 174 valence electrons. The summed E-state index contributed by atoms with van der Waals surface area (Å²) in [6.45, 7) is 2.39. The van der Waals surface area contributed by atoms with E-state index < -0.39 is 17.7 Å². The summed E-state index contributed by atoms with van der Waals surface area (Å²) < 4.78 is 10.9. The van der Waals surface area contributed by atoms with E-state index in [4.69, 9.17) is 21.1 Å². The fourth-order valence-electron chi connectivity index (χ4n) is 4.82. The highest BCUT2D eigenvalue weighted by molar-refractivity contribution is 6.46. The number of rotatable bonds is 6. The minimum Gasteiger partial charge on any atom is -0.507 e. The van der Waals surface area contributed by atoms with Crippen LogP contribution in [0.4, 0.5) is 0 Å². The topological polar surface area (TPSA) is 76.1 Å². The Morgan fingerprint density at radius 3 is 2.55 bits per heavy atom. The van der Waals surface area contributed by atoms with E-state index in [0.29, 0.717) is 28.7 Å². The highest BCUT2D eigenvalue weighted by Crippen LogP contribution is 2.44. The van der Waals surface area contributed by atoms with Crippen molar-refractivity contribution in [2.75, 3.05) is 13.7 Å². The van der Waals surface area contributed by atoms with Gasteiger partial charge in [-0.15, -0.1) is 0 Å². The highest BCUT2D eigenvalue weighted by atomic mass is 35.5. The van der Waals surface area contributed by atoms with Crippen LogP contribution in [0.5, 0.6) is 11.5 Å². The van der Waals surface area contributed by atoms with Crippen molar-refractivity contribution in [3.8, 4) is 11.5 Å². The first kappa shape index (κ1) is 23.2. The first-order valence-corrected chi connectivity index (χ1v) is 11.7. The zero-order valence-electron chi connectivity index (χ0n) is 18.8. The minimum atomic E-state index is -0.700. The van der Waals surface area contributed by atoms with Gasteiger partial charge in [-0.3, -0.25) is 9.59 Å². The van der Waals surface area contributed by atoms with E-state index in [1.165, 1.54) is 13.2 Å². The molecule has 1 amide bonds. The van der Waals surface area contributed by atoms with Crippen molar-refractivity contribution in [3.63, 3.8) is 0 Å². The molecule has 1 saturated carbocycles. The number of likely N-dealkylation sites (tertiary alicyclic amines) is 1. The lowest BCUT2D eigenvalue weighted by Gasteiger charge is -2.35. The molecular weight excluding hydrogens is 442 g/mol. The molecule has 0 bridgehead atoms. The molecule has 1 heterocycles. The van der Waals surface area contributed by atoms with Gasteiger partial charge in [0.15, 0.2) is 0 Å². The zero-order chi connectivity index (χ0) is 23.5. The third-order valence-corrected chi connectivity index (χ3v) is 6.65. The number of ether oxygens (including phenoxy) is 2. The third-order valence-electron chi connectivity index (χ3n) is 6.36. The van der Waals surface area contributed by atoms with Gasteiger partial charge in [0.2, 0.25) is 0 Å². The van der Waals surface area contributed by atoms with Gasteiger partial charge in [0.25, 0.3) is 11.7 Å². The Kier molecular flexibility index (Phi) is 6.94. The number of aliphatic hydroxyl groups is 1. The third kappa shape index (κ3) is 4.44. The Balaban J connectivity index is 1.87. The first-order valence-electron chi connectivity index (χ1n) is 11.3. The van der Waals surface area contributed by atoms with Gasteiger partial charge in [0, 0.05) is 11.6 Å². The summed E-state index contributed by atoms with van der Waals surface area (Å²) in [6, 6.07) is 11.4. The van der Waals surface area contributed by atoms with Gasteiger partial charge in [0.05, 0.1) is 30.4 Å². The molecule has 2 aromatic carbocycles. The molecule has 0 aromatic heterocycles. The molecule has 2 aromatic rings. The van der Waals surface area contributed by atoms with Crippen LogP contribution in [0.25, 0.3) is 5.76 Å². The van der Waals surface area contributed by atoms with Crippen LogP contribution < -0.4 is 9.47 Å². The molecular formula is C26H28ClNO5. The van der Waals surface area contributed by atoms with Crippen LogP contribution in [0.1, 0.15) is 56.2 Å². The molecule has 33 heavy (non-hydrogen) atoms. The Morgan fingerprint density at radius 2 is 1.88 bits per heavy atom. The largest absolute Gasteiger partial charge is 0.507 e. The Bertz CT molecular complexity index is 1090. The molecule has 0 spiro atoms. The maximum Gasteiger partial charge on any atom is 0.295 e. The summed E-state index contributed by atoms with van der Waals surface area (Å²) in [6.07, 6.45) is 4.81. The van der Waals surface area contributed by atoms with Crippen molar-refractivity contribution in [2.24, 2.45) is 0 Å². The van der Waals surface area contributed by atoms with Gasteiger partial charge in [-0.2, -0.15) is 0 Å². The smallest absolute Gasteiger partial charge is 0.295 e. The second-order valence-corrected chi connectivity index (χ2v) is 8.76. The summed E-state index contributed by atoms with van der Waals surface area (Å²) in [4.78, 5) is 28.2. The number of carbonyl (C=O) groups is 2. The average Bonchev–Trinajstić information content (AvgIpc) is 3.10. The molecule has 1 unspecified atom stereocenters. The molecule has 1 N–H and O–H groups in total. The first-order chi connectivity index (χ1) is 16.0. The molecule has 2 fully saturated rings. The van der Waals surface area contributed by atoms with Gasteiger partial charge in [0.1, 0.15) is 17.3 Å². The maximum atomic E-state index is 13.3. The van der Waals surface area contributed by atoms with Gasteiger partial charge in [-0.05, 0) is 55.7 Å². The van der Waals surface area contributed by atoms with Crippen LogP contribution in [-0.4, -0.2) is 41.5 Å². The average molecular weight is 470 g/mol. The van der Waals surface area contributed by atoms with E-state index >= 15 is 0 Å². The molecule has 1 saturated heterocycles. The molecule has 1 aliphatic heterocycles. The molecule has 0 radical (unpaired) electrons. The maximum absolute atomic E-state index is 13.3. The van der Waals surface area contributed by atoms with Crippen LogP contribution in [0.3, 0.4) is 0 Å². The fourth-order valence-corrected chi connectivity index (χ4v) is 5.08. The molecule has 2 aliphatic rings. The van der Waals surface area contributed by atoms with Crippen molar-refractivity contribution in [1.29, 1.82) is 0 Å². The fraction of sp³-hybridized carbons (Fsp3) is 0.385. The number of hydrogen-bond acceptors (Lipinski definition) is 5. The molecule has 7 heteroatoms. The summed E-state index contributed by atoms with van der Waals surface area (Å²) in [5.74, 6) is -0.400. The Hall–Kier alpha value is -2.99. The number of aliphatic hydroxyl groups excluding tert-OH is 1. The van der Waals surface area contributed by atoms with Gasteiger partial charge in [-0.25, -0.2) is 0 Å². The summed E-state index contributed by atoms with van der Waals surface area (Å²) >= 11 is 6.27. The number of halogens is 1. The lowest BCUT2D eigenvalue weighted by molar-refractivity contribution is -0.141. The van der Waals surface area contributed by atoms with Crippen LogP contribution >= 0.6 is 11.6 Å². The second kappa shape index (κ2) is 9.87. The van der Waals surface area contributed by atoms with Gasteiger partial charge >= 0.3 is 0 Å². The lowest BCUT2D eigenvalue weighted by atomic mass is 9.91. The van der Waals surface area contributed by atoms with Gasteiger partial charge in [-0.1, -0.05) is 43.0 Å². The number of amides is 1. The van der Waals surface area contributed by atoms with E-state index in [0.717, 1.165) is 37.7 Å². The van der Waals surface area contributed by atoms with Crippen LogP contribution in [-0.2, 0) is 9.59 Å². The summed E-state index contributed by atoms with van der Waals surface area (Å²) in [5, 5.41) is 11.6. The van der Waals surface area contributed by atoms with E-state index in [9.17, 15) is 14.7 Å². The van der Waals surface area contributed by atoms with Crippen molar-refractivity contribution in [3.05, 3.63) is 64.2 Å². The van der Waals surface area contributed by atoms with E-state index in [1.54, 1.807) is 17.0 Å². The number of benzene rings is 2. The molecule has 4 rings (SSSR count). The number of ketones is 1. The predicted octanol–water partition coefficient (Wildman–Crippen LogP) is 5.50. The van der Waals surface area contributed by atoms with E-state index in [-0.39, 0.29) is 17.4 Å². The molecule has 6 nitrogen and oxygen atoms in total. The SMILES string of the molecule is CCOc1cccc(C2/C(=C(\O)c3ccc(OC)c(Cl)c3)C(=O)C(=O)N2C2CCCCC2)c1. The van der Waals surface area contributed by atoms with E-state index in [2.05, 4.69) is 0 Å². The highest BCUT2D eigenvalue weighted by Gasteiger charge is 2.49. The van der Waals surface area contributed by atoms with Crippen LogP contribution in [0.2, 0.25) is 5.02 Å². The second-order valence-electron chi connectivity index (χ2n) is 8.35. The zero-order valence-corrected chi connectivity index (χ0v) is 19.6. The normalized spacial score (nSPS) is 20.8. The standard InChI is InChI=1S/C26H28ClNO5/c1-3-33-19-11-7-8-16(14-19)23-22(24(29)17-12-13-21(32-2)20(27)15-17)25(30)26(31)28(23)18-9-5-4-6-10-18/h7-8,11-15,18,23,29H,3-6,9-10H2,1-2H3/b24-22+. The molecule has 1 atom stereocenters. The van der Waals surface area contributed by atoms with Crippen molar-refractivity contribution >= 4 is 29.1 Å². The van der Waals surface area contributed by atoms with Crippen molar-refractivity contribution < 1.29 is 24.2 Å². The number of carbonyl (C=O) groups excluding carboxylic acids is 2. The Morgan fingerprint density at radius 1 is 1.12 bits per heavy atom. The van der Waals surface area contributed by atoms with Crippen molar-refractivity contribution in [2.45, 2.75) is 51.1 Å². The van der Waals surface area contributed by atoms with E-state index in [1.807, 2.05) is 31.2 Å². The lowest BCUT2D eigenvalue weighted by Crippen LogP contribution is -2.40. The number of hydrogen-bond donors (Lipinski definition) is 1.